The zero-order valence-corrected chi connectivity index (χ0v) is 17.2. The fourth-order valence-electron chi connectivity index (χ4n) is 3.85. The van der Waals surface area contributed by atoms with Crippen molar-refractivity contribution in [3.63, 3.8) is 0 Å². The minimum absolute atomic E-state index is 0.201. The van der Waals surface area contributed by atoms with Gasteiger partial charge in [0.1, 0.15) is 0 Å². The van der Waals surface area contributed by atoms with Gasteiger partial charge in [-0.05, 0) is 47.9 Å². The number of anilines is 2. The Labute approximate surface area is 183 Å². The largest absolute Gasteiger partial charge is 0.478 e. The molecular formula is C25H18ClN3O2. The average molecular weight is 428 g/mol. The first-order valence-corrected chi connectivity index (χ1v) is 10.2. The summed E-state index contributed by atoms with van der Waals surface area (Å²) in [5.41, 5.74) is 4.33. The van der Waals surface area contributed by atoms with Crippen LogP contribution in [0.4, 0.5) is 11.4 Å². The molecule has 0 aliphatic rings. The number of nitrogens with one attached hydrogen (secondary N) is 1. The smallest absolute Gasteiger partial charge is 0.337 e. The zero-order chi connectivity index (χ0) is 21.4. The zero-order valence-electron chi connectivity index (χ0n) is 16.4. The lowest BCUT2D eigenvalue weighted by atomic mass is 10.1. The Morgan fingerprint density at radius 3 is 2.71 bits per heavy atom. The molecule has 6 heteroatoms. The summed E-state index contributed by atoms with van der Waals surface area (Å²) < 4.78 is 2.15. The van der Waals surface area contributed by atoms with Crippen molar-refractivity contribution in [3.05, 3.63) is 101 Å². The van der Waals surface area contributed by atoms with Crippen molar-refractivity contribution in [2.45, 2.75) is 6.54 Å². The number of para-hydroxylation sites is 2. The van der Waals surface area contributed by atoms with E-state index < -0.39 is 5.97 Å². The number of carbonyl (C=O) groups is 1. The Hall–Kier alpha value is -3.83. The van der Waals surface area contributed by atoms with Crippen LogP contribution in [0.25, 0.3) is 21.8 Å². The van der Waals surface area contributed by atoms with Gasteiger partial charge >= 0.3 is 5.97 Å². The predicted molar refractivity (Wildman–Crippen MR) is 124 cm³/mol. The summed E-state index contributed by atoms with van der Waals surface area (Å²) in [5, 5.41) is 15.6. The van der Waals surface area contributed by atoms with Crippen LogP contribution in [0.15, 0.2) is 85.2 Å². The quantitative estimate of drug-likeness (QED) is 0.343. The van der Waals surface area contributed by atoms with Gasteiger partial charge in [-0.15, -0.1) is 0 Å². The van der Waals surface area contributed by atoms with E-state index in [2.05, 4.69) is 33.1 Å². The molecule has 2 heterocycles. The highest BCUT2D eigenvalue weighted by Gasteiger charge is 2.15. The normalized spacial score (nSPS) is 11.1. The molecule has 0 radical (unpaired) electrons. The van der Waals surface area contributed by atoms with Crippen LogP contribution in [0, 0.1) is 0 Å². The van der Waals surface area contributed by atoms with Crippen LogP contribution in [-0.2, 0) is 6.54 Å². The van der Waals surface area contributed by atoms with Crippen LogP contribution >= 0.6 is 11.6 Å². The maximum atomic E-state index is 11.7. The van der Waals surface area contributed by atoms with E-state index in [1.54, 1.807) is 24.3 Å². The van der Waals surface area contributed by atoms with Crippen LogP contribution in [0.2, 0.25) is 5.02 Å². The first-order chi connectivity index (χ1) is 15.1. The average Bonchev–Trinajstić information content (AvgIpc) is 3.18. The third-order valence-corrected chi connectivity index (χ3v) is 5.58. The molecule has 0 unspecified atom stereocenters. The van der Waals surface area contributed by atoms with E-state index in [4.69, 9.17) is 11.6 Å². The second kappa shape index (κ2) is 7.78. The number of aromatic carboxylic acids is 1. The molecule has 0 aliphatic heterocycles. The van der Waals surface area contributed by atoms with Crippen LogP contribution in [0.1, 0.15) is 15.9 Å². The number of nitrogens with zero attached hydrogens (tertiary/aromatic N) is 2. The number of carboxylic acids is 1. The predicted octanol–water partition coefficient (Wildman–Crippen LogP) is 6.33. The van der Waals surface area contributed by atoms with Crippen molar-refractivity contribution in [1.29, 1.82) is 0 Å². The molecule has 5 nitrogen and oxygen atoms in total. The van der Waals surface area contributed by atoms with Gasteiger partial charge in [-0.3, -0.25) is 4.98 Å². The third-order valence-electron chi connectivity index (χ3n) is 5.35. The SMILES string of the molecule is O=C(O)c1ccccc1Nc1c(Cn2ccc3ccccc32)cnc2ccc(Cl)cc12. The number of benzene rings is 3. The Balaban J connectivity index is 1.67. The van der Waals surface area contributed by atoms with E-state index in [9.17, 15) is 9.90 Å². The van der Waals surface area contributed by atoms with Crippen molar-refractivity contribution in [2.24, 2.45) is 0 Å². The van der Waals surface area contributed by atoms with E-state index in [1.165, 1.54) is 0 Å². The summed E-state index contributed by atoms with van der Waals surface area (Å²) in [6, 6.07) is 22.6. The van der Waals surface area contributed by atoms with Crippen LogP contribution < -0.4 is 5.32 Å². The van der Waals surface area contributed by atoms with E-state index in [1.807, 2.05) is 42.7 Å². The molecule has 0 aliphatic carbocycles. The van der Waals surface area contributed by atoms with Gasteiger partial charge in [0.25, 0.3) is 0 Å². The van der Waals surface area contributed by atoms with Gasteiger partial charge < -0.3 is 15.0 Å². The Kier molecular flexibility index (Phi) is 4.81. The van der Waals surface area contributed by atoms with Gasteiger partial charge in [0.2, 0.25) is 0 Å². The summed E-state index contributed by atoms with van der Waals surface area (Å²) in [4.78, 5) is 16.4. The molecule has 0 amide bonds. The maximum Gasteiger partial charge on any atom is 0.337 e. The monoisotopic (exact) mass is 427 g/mol. The van der Waals surface area contributed by atoms with E-state index >= 15 is 0 Å². The molecule has 152 valence electrons. The Bertz CT molecular complexity index is 1440. The summed E-state index contributed by atoms with van der Waals surface area (Å²) in [6.45, 7) is 0.570. The number of hydrogen-bond acceptors (Lipinski definition) is 3. The molecule has 31 heavy (non-hydrogen) atoms. The second-order valence-corrected chi connectivity index (χ2v) is 7.73. The summed E-state index contributed by atoms with van der Waals surface area (Å²) in [5.74, 6) is -0.988. The molecule has 5 aromatic rings. The van der Waals surface area contributed by atoms with Gasteiger partial charge in [0.05, 0.1) is 29.0 Å². The maximum absolute atomic E-state index is 11.7. The summed E-state index contributed by atoms with van der Waals surface area (Å²) in [7, 11) is 0. The van der Waals surface area contributed by atoms with Gasteiger partial charge in [-0.2, -0.15) is 0 Å². The molecule has 0 saturated carbocycles. The van der Waals surface area contributed by atoms with Gasteiger partial charge in [0, 0.05) is 33.9 Å². The fraction of sp³-hybridized carbons (Fsp3) is 0.0400. The van der Waals surface area contributed by atoms with Gasteiger partial charge in [-0.25, -0.2) is 4.79 Å². The Morgan fingerprint density at radius 1 is 1.03 bits per heavy atom. The number of halogens is 1. The van der Waals surface area contributed by atoms with Crippen molar-refractivity contribution in [3.8, 4) is 0 Å². The number of aromatic nitrogens is 2. The van der Waals surface area contributed by atoms with Crippen LogP contribution in [-0.4, -0.2) is 20.6 Å². The number of hydrogen-bond donors (Lipinski definition) is 2. The van der Waals surface area contributed by atoms with Crippen molar-refractivity contribution in [2.75, 3.05) is 5.32 Å². The minimum atomic E-state index is -0.988. The van der Waals surface area contributed by atoms with Gasteiger partial charge in [0.15, 0.2) is 0 Å². The Morgan fingerprint density at radius 2 is 1.84 bits per heavy atom. The van der Waals surface area contributed by atoms with Crippen LogP contribution in [0.3, 0.4) is 0 Å². The lowest BCUT2D eigenvalue weighted by Gasteiger charge is -2.17. The highest BCUT2D eigenvalue weighted by Crippen LogP contribution is 2.33. The molecular weight excluding hydrogens is 410 g/mol. The topological polar surface area (TPSA) is 67.2 Å². The van der Waals surface area contributed by atoms with Crippen molar-refractivity contribution < 1.29 is 9.90 Å². The molecule has 2 N–H and O–H groups in total. The van der Waals surface area contributed by atoms with Crippen LogP contribution in [0.5, 0.6) is 0 Å². The summed E-state index contributed by atoms with van der Waals surface area (Å²) in [6.07, 6.45) is 3.87. The molecule has 0 atom stereocenters. The minimum Gasteiger partial charge on any atom is -0.478 e. The first kappa shape index (κ1) is 19.2. The molecule has 5 rings (SSSR count). The molecule has 0 bridgehead atoms. The molecule has 0 saturated heterocycles. The standard InChI is InChI=1S/C25H18ClN3O2/c26-18-9-10-21-20(13-18)24(28-22-7-3-2-6-19(22)25(30)31)17(14-27-21)15-29-12-11-16-5-1-4-8-23(16)29/h1-14H,15H2,(H,27,28)(H,30,31). The second-order valence-electron chi connectivity index (χ2n) is 7.30. The van der Waals surface area contributed by atoms with Gasteiger partial charge in [-0.1, -0.05) is 41.9 Å². The van der Waals surface area contributed by atoms with E-state index in [0.717, 1.165) is 33.1 Å². The number of carboxylic acid groups (broad SMARTS) is 1. The molecule has 3 aromatic carbocycles. The van der Waals surface area contributed by atoms with E-state index in [-0.39, 0.29) is 5.56 Å². The fourth-order valence-corrected chi connectivity index (χ4v) is 4.02. The third kappa shape index (κ3) is 3.60. The molecule has 2 aromatic heterocycles. The first-order valence-electron chi connectivity index (χ1n) is 9.80. The lowest BCUT2D eigenvalue weighted by molar-refractivity contribution is 0.0698. The number of rotatable bonds is 5. The summed E-state index contributed by atoms with van der Waals surface area (Å²) >= 11 is 6.29. The number of fused-ring (bicyclic) bond motifs is 2. The number of pyridine rings is 1. The molecule has 0 fully saturated rings. The van der Waals surface area contributed by atoms with Crippen molar-refractivity contribution in [1.82, 2.24) is 9.55 Å². The highest BCUT2D eigenvalue weighted by atomic mass is 35.5. The lowest BCUT2D eigenvalue weighted by Crippen LogP contribution is -2.07. The highest BCUT2D eigenvalue weighted by molar-refractivity contribution is 6.31. The van der Waals surface area contributed by atoms with E-state index in [0.29, 0.717) is 17.3 Å². The van der Waals surface area contributed by atoms with Crippen molar-refractivity contribution >= 4 is 50.8 Å². The molecule has 0 spiro atoms.